The average molecular weight is 262 g/mol. The predicted molar refractivity (Wildman–Crippen MR) is 55.2 cm³/mol. The first-order valence-corrected chi connectivity index (χ1v) is 4.56. The van der Waals surface area contributed by atoms with Crippen LogP contribution in [0.2, 0.25) is 0 Å². The number of phenols is 1. The maximum absolute atomic E-state index is 9.02. The first-order valence-electron chi connectivity index (χ1n) is 3.48. The number of alkyl halides is 1. The Kier molecular flexibility index (Phi) is 2.42. The van der Waals surface area contributed by atoms with Gasteiger partial charge in [-0.1, -0.05) is 34.7 Å². The molecular weight excluding hydrogens is 251 g/mol. The summed E-state index contributed by atoms with van der Waals surface area (Å²) in [5.41, 5.74) is 1.23. The van der Waals surface area contributed by atoms with Gasteiger partial charge in [-0.15, -0.1) is 0 Å². The Morgan fingerprint density at radius 1 is 1.18 bits per heavy atom. The monoisotopic (exact) mass is 262 g/mol. The lowest BCUT2D eigenvalue weighted by Gasteiger charge is -2.16. The number of hydrogen-bond donors (Lipinski definition) is 1. The second kappa shape index (κ2) is 3.01. The molecule has 60 valence electrons. The van der Waals surface area contributed by atoms with Crippen molar-refractivity contribution < 1.29 is 5.11 Å². The van der Waals surface area contributed by atoms with Gasteiger partial charge in [0.1, 0.15) is 5.75 Å². The van der Waals surface area contributed by atoms with Gasteiger partial charge in [0.2, 0.25) is 0 Å². The zero-order valence-corrected chi connectivity index (χ0v) is 8.79. The third kappa shape index (κ3) is 2.36. The minimum absolute atomic E-state index is 0.144. The zero-order valence-electron chi connectivity index (χ0n) is 6.63. The molecule has 0 heterocycles. The van der Waals surface area contributed by atoms with E-state index in [4.69, 9.17) is 5.11 Å². The van der Waals surface area contributed by atoms with Gasteiger partial charge in [-0.05, 0) is 31.5 Å². The van der Waals surface area contributed by atoms with Crippen molar-refractivity contribution >= 4 is 22.6 Å². The minimum atomic E-state index is 0.144. The Balaban J connectivity index is 2.99. The molecule has 0 fully saturated rings. The van der Waals surface area contributed by atoms with Crippen LogP contribution in [0.3, 0.4) is 0 Å². The smallest absolute Gasteiger partial charge is 0.115 e. The quantitative estimate of drug-likeness (QED) is 0.609. The van der Waals surface area contributed by atoms with Crippen LogP contribution in [0.5, 0.6) is 5.75 Å². The lowest BCUT2D eigenvalue weighted by atomic mass is 10.0. The van der Waals surface area contributed by atoms with E-state index in [9.17, 15) is 0 Å². The fourth-order valence-electron chi connectivity index (χ4n) is 0.858. The van der Waals surface area contributed by atoms with Gasteiger partial charge in [0, 0.05) is 3.42 Å². The first-order chi connectivity index (χ1) is 5.00. The minimum Gasteiger partial charge on any atom is -0.508 e. The van der Waals surface area contributed by atoms with Crippen molar-refractivity contribution in [2.45, 2.75) is 17.3 Å². The Bertz CT molecular complexity index is 233. The molecule has 0 saturated heterocycles. The lowest BCUT2D eigenvalue weighted by Crippen LogP contribution is -2.05. The molecule has 0 aliphatic rings. The van der Waals surface area contributed by atoms with Gasteiger partial charge in [-0.25, -0.2) is 0 Å². The van der Waals surface area contributed by atoms with Crippen LogP contribution in [0.1, 0.15) is 19.4 Å². The highest BCUT2D eigenvalue weighted by atomic mass is 127. The molecule has 1 rings (SSSR count). The number of benzene rings is 1. The summed E-state index contributed by atoms with van der Waals surface area (Å²) in [6.45, 7) is 4.28. The highest BCUT2D eigenvalue weighted by molar-refractivity contribution is 14.1. The second-order valence-corrected chi connectivity index (χ2v) is 5.72. The van der Waals surface area contributed by atoms with Gasteiger partial charge in [0.15, 0.2) is 0 Å². The summed E-state index contributed by atoms with van der Waals surface area (Å²) in [6.07, 6.45) is 0. The van der Waals surface area contributed by atoms with E-state index in [1.165, 1.54) is 5.56 Å². The van der Waals surface area contributed by atoms with Gasteiger partial charge < -0.3 is 5.11 Å². The van der Waals surface area contributed by atoms with Crippen molar-refractivity contribution in [2.24, 2.45) is 0 Å². The molecule has 1 nitrogen and oxygen atoms in total. The maximum Gasteiger partial charge on any atom is 0.115 e. The van der Waals surface area contributed by atoms with E-state index in [-0.39, 0.29) is 3.42 Å². The Morgan fingerprint density at radius 2 is 1.64 bits per heavy atom. The van der Waals surface area contributed by atoms with E-state index in [0.29, 0.717) is 5.75 Å². The van der Waals surface area contributed by atoms with Crippen molar-refractivity contribution in [2.75, 3.05) is 0 Å². The van der Waals surface area contributed by atoms with Crippen LogP contribution >= 0.6 is 22.6 Å². The van der Waals surface area contributed by atoms with E-state index >= 15 is 0 Å². The van der Waals surface area contributed by atoms with E-state index in [1.807, 2.05) is 12.1 Å². The molecule has 2 heteroatoms. The van der Waals surface area contributed by atoms with Crippen LogP contribution in [0.25, 0.3) is 0 Å². The molecule has 0 bridgehead atoms. The van der Waals surface area contributed by atoms with Crippen LogP contribution in [-0.2, 0) is 3.42 Å². The van der Waals surface area contributed by atoms with Crippen LogP contribution in [-0.4, -0.2) is 5.11 Å². The number of halogens is 1. The molecule has 0 unspecified atom stereocenters. The Morgan fingerprint density at radius 3 is 2.00 bits per heavy atom. The summed E-state index contributed by atoms with van der Waals surface area (Å²) in [5, 5.41) is 9.02. The first kappa shape index (κ1) is 8.84. The van der Waals surface area contributed by atoms with Crippen LogP contribution in [0, 0.1) is 0 Å². The van der Waals surface area contributed by atoms with Gasteiger partial charge in [0.05, 0.1) is 0 Å². The SMILES string of the molecule is CC(C)(I)c1ccc(O)cc1. The standard InChI is InChI=1S/C9H11IO/c1-9(2,10)7-3-5-8(11)6-4-7/h3-6,11H,1-2H3. The molecule has 1 N–H and O–H groups in total. The van der Waals surface area contributed by atoms with Crippen LogP contribution < -0.4 is 0 Å². The Hall–Kier alpha value is -0.250. The summed E-state index contributed by atoms with van der Waals surface area (Å²) in [6, 6.07) is 7.33. The normalized spacial score (nSPS) is 11.5. The third-order valence-corrected chi connectivity index (χ3v) is 2.18. The predicted octanol–water partition coefficient (Wildman–Crippen LogP) is 3.06. The van der Waals surface area contributed by atoms with Gasteiger partial charge in [0.25, 0.3) is 0 Å². The number of hydrogen-bond acceptors (Lipinski definition) is 1. The molecule has 0 radical (unpaired) electrons. The van der Waals surface area contributed by atoms with E-state index in [0.717, 1.165) is 0 Å². The zero-order chi connectivity index (χ0) is 8.48. The second-order valence-electron chi connectivity index (χ2n) is 3.02. The molecule has 0 aliphatic carbocycles. The van der Waals surface area contributed by atoms with E-state index < -0.39 is 0 Å². The number of aromatic hydroxyl groups is 1. The van der Waals surface area contributed by atoms with Crippen LogP contribution in [0.15, 0.2) is 24.3 Å². The van der Waals surface area contributed by atoms with Crippen molar-refractivity contribution in [3.63, 3.8) is 0 Å². The van der Waals surface area contributed by atoms with Gasteiger partial charge in [-0.2, -0.15) is 0 Å². The fraction of sp³-hybridized carbons (Fsp3) is 0.333. The molecule has 0 saturated carbocycles. The highest BCUT2D eigenvalue weighted by Gasteiger charge is 2.14. The molecule has 0 atom stereocenters. The number of phenolic OH excluding ortho intramolecular Hbond substituents is 1. The molecule has 0 spiro atoms. The summed E-state index contributed by atoms with van der Waals surface area (Å²) in [5.74, 6) is 0.328. The van der Waals surface area contributed by atoms with Crippen molar-refractivity contribution in [3.05, 3.63) is 29.8 Å². The molecule has 1 aromatic carbocycles. The lowest BCUT2D eigenvalue weighted by molar-refractivity contribution is 0.475. The van der Waals surface area contributed by atoms with Gasteiger partial charge in [-0.3, -0.25) is 0 Å². The molecule has 11 heavy (non-hydrogen) atoms. The van der Waals surface area contributed by atoms with Crippen molar-refractivity contribution in [3.8, 4) is 5.75 Å². The van der Waals surface area contributed by atoms with E-state index in [1.54, 1.807) is 12.1 Å². The van der Waals surface area contributed by atoms with Crippen LogP contribution in [0.4, 0.5) is 0 Å². The fourth-order valence-corrected chi connectivity index (χ4v) is 1.22. The number of rotatable bonds is 1. The maximum atomic E-state index is 9.02. The highest BCUT2D eigenvalue weighted by Crippen LogP contribution is 2.30. The summed E-state index contributed by atoms with van der Waals surface area (Å²) in [4.78, 5) is 0. The molecule has 0 aromatic heterocycles. The summed E-state index contributed by atoms with van der Waals surface area (Å²) >= 11 is 2.37. The van der Waals surface area contributed by atoms with Crippen molar-refractivity contribution in [1.82, 2.24) is 0 Å². The van der Waals surface area contributed by atoms with Crippen molar-refractivity contribution in [1.29, 1.82) is 0 Å². The van der Waals surface area contributed by atoms with Gasteiger partial charge >= 0.3 is 0 Å². The summed E-state index contributed by atoms with van der Waals surface area (Å²) < 4.78 is 0.144. The molecule has 0 amide bonds. The molecular formula is C9H11IO. The summed E-state index contributed by atoms with van der Waals surface area (Å²) in [7, 11) is 0. The Labute approximate surface area is 80.6 Å². The molecule has 1 aromatic rings. The van der Waals surface area contributed by atoms with E-state index in [2.05, 4.69) is 36.4 Å². The molecule has 0 aliphatic heterocycles. The topological polar surface area (TPSA) is 20.2 Å². The third-order valence-electron chi connectivity index (χ3n) is 1.55. The average Bonchev–Trinajstić information content (AvgIpc) is 1.86. The largest absolute Gasteiger partial charge is 0.508 e.